The predicted octanol–water partition coefficient (Wildman–Crippen LogP) is 2.57. The molecule has 2 aromatic rings. The predicted molar refractivity (Wildman–Crippen MR) is 77.5 cm³/mol. The lowest BCUT2D eigenvalue weighted by atomic mass is 10.0. The molecule has 0 unspecified atom stereocenters. The molecule has 0 saturated heterocycles. The standard InChI is InChI=1S/C15H11NO2S/c1-19-13-12(14(17)16-15(13)18)11-7-6-9-4-2-3-5-10(9)8-11/h2-8H,1H3,(H,16,17,18). The van der Waals surface area contributed by atoms with Gasteiger partial charge < -0.3 is 0 Å². The van der Waals surface area contributed by atoms with Crippen LogP contribution in [0.1, 0.15) is 5.56 Å². The molecule has 0 spiro atoms. The van der Waals surface area contributed by atoms with E-state index in [4.69, 9.17) is 0 Å². The van der Waals surface area contributed by atoms with E-state index in [9.17, 15) is 9.59 Å². The van der Waals surface area contributed by atoms with Gasteiger partial charge in [-0.25, -0.2) is 0 Å². The molecular formula is C15H11NO2S. The summed E-state index contributed by atoms with van der Waals surface area (Å²) < 4.78 is 0. The molecule has 19 heavy (non-hydrogen) atoms. The van der Waals surface area contributed by atoms with Gasteiger partial charge in [0.25, 0.3) is 11.8 Å². The lowest BCUT2D eigenvalue weighted by Gasteiger charge is -2.04. The highest BCUT2D eigenvalue weighted by Gasteiger charge is 2.30. The van der Waals surface area contributed by atoms with E-state index in [1.165, 1.54) is 11.8 Å². The van der Waals surface area contributed by atoms with Crippen molar-refractivity contribution in [2.24, 2.45) is 0 Å². The van der Waals surface area contributed by atoms with Crippen LogP contribution < -0.4 is 5.32 Å². The molecule has 0 bridgehead atoms. The van der Waals surface area contributed by atoms with Crippen molar-refractivity contribution in [2.45, 2.75) is 0 Å². The number of benzene rings is 2. The summed E-state index contributed by atoms with van der Waals surface area (Å²) in [5.74, 6) is -0.620. The summed E-state index contributed by atoms with van der Waals surface area (Å²) in [7, 11) is 0. The van der Waals surface area contributed by atoms with Crippen LogP contribution in [0, 0.1) is 0 Å². The zero-order chi connectivity index (χ0) is 13.4. The largest absolute Gasteiger partial charge is 0.288 e. The van der Waals surface area contributed by atoms with Crippen LogP contribution in [0.5, 0.6) is 0 Å². The lowest BCUT2D eigenvalue weighted by molar-refractivity contribution is -0.123. The van der Waals surface area contributed by atoms with Crippen LogP contribution in [0.3, 0.4) is 0 Å². The molecule has 3 rings (SSSR count). The minimum atomic E-state index is -0.315. The fourth-order valence-corrected chi connectivity index (χ4v) is 2.89. The first-order valence-corrected chi connectivity index (χ1v) is 7.06. The summed E-state index contributed by atoms with van der Waals surface area (Å²) >= 11 is 1.30. The Kier molecular flexibility index (Phi) is 2.87. The molecule has 94 valence electrons. The molecule has 0 atom stereocenters. The third-order valence-electron chi connectivity index (χ3n) is 3.13. The highest BCUT2D eigenvalue weighted by molar-refractivity contribution is 8.03. The minimum Gasteiger partial charge on any atom is -0.288 e. The van der Waals surface area contributed by atoms with Gasteiger partial charge in [-0.15, -0.1) is 11.8 Å². The number of carbonyl (C=O) groups excluding carboxylic acids is 2. The monoisotopic (exact) mass is 269 g/mol. The van der Waals surface area contributed by atoms with Crippen molar-refractivity contribution in [1.82, 2.24) is 5.32 Å². The van der Waals surface area contributed by atoms with Crippen LogP contribution in [0.15, 0.2) is 47.4 Å². The highest BCUT2D eigenvalue weighted by atomic mass is 32.2. The zero-order valence-corrected chi connectivity index (χ0v) is 11.1. The van der Waals surface area contributed by atoms with Gasteiger partial charge in [-0.05, 0) is 28.7 Å². The summed E-state index contributed by atoms with van der Waals surface area (Å²) in [5, 5.41) is 4.51. The van der Waals surface area contributed by atoms with Crippen LogP contribution in [0.2, 0.25) is 0 Å². The Morgan fingerprint density at radius 3 is 2.42 bits per heavy atom. The van der Waals surface area contributed by atoms with Crippen molar-refractivity contribution in [3.05, 3.63) is 52.9 Å². The molecule has 1 aliphatic rings. The molecule has 2 amide bonds. The molecule has 3 nitrogen and oxygen atoms in total. The first kappa shape index (κ1) is 12.0. The molecule has 0 saturated carbocycles. The number of amides is 2. The van der Waals surface area contributed by atoms with Crippen molar-refractivity contribution in [3.63, 3.8) is 0 Å². The topological polar surface area (TPSA) is 46.2 Å². The Bertz CT molecular complexity index is 734. The number of imide groups is 1. The number of hydrogen-bond acceptors (Lipinski definition) is 3. The van der Waals surface area contributed by atoms with Gasteiger partial charge in [0.05, 0.1) is 10.5 Å². The second-order valence-electron chi connectivity index (χ2n) is 4.25. The fraction of sp³-hybridized carbons (Fsp3) is 0.0667. The van der Waals surface area contributed by atoms with E-state index in [0.717, 1.165) is 16.3 Å². The molecule has 1 aliphatic heterocycles. The van der Waals surface area contributed by atoms with E-state index in [2.05, 4.69) is 5.32 Å². The van der Waals surface area contributed by atoms with E-state index in [-0.39, 0.29) is 11.8 Å². The van der Waals surface area contributed by atoms with E-state index >= 15 is 0 Å². The second kappa shape index (κ2) is 4.55. The summed E-state index contributed by atoms with van der Waals surface area (Å²) in [6, 6.07) is 13.7. The van der Waals surface area contributed by atoms with Crippen molar-refractivity contribution >= 4 is 39.9 Å². The second-order valence-corrected chi connectivity index (χ2v) is 5.07. The Morgan fingerprint density at radius 2 is 1.68 bits per heavy atom. The Labute approximate surface area is 114 Å². The first-order chi connectivity index (χ1) is 9.20. The van der Waals surface area contributed by atoms with Crippen molar-refractivity contribution in [3.8, 4) is 0 Å². The molecule has 0 aliphatic carbocycles. The maximum Gasteiger partial charge on any atom is 0.265 e. The third kappa shape index (κ3) is 1.94. The molecule has 1 N–H and O–H groups in total. The van der Waals surface area contributed by atoms with Gasteiger partial charge in [0, 0.05) is 0 Å². The van der Waals surface area contributed by atoms with Gasteiger partial charge in [-0.2, -0.15) is 0 Å². The lowest BCUT2D eigenvalue weighted by Crippen LogP contribution is -2.22. The number of rotatable bonds is 2. The van der Waals surface area contributed by atoms with Crippen molar-refractivity contribution < 1.29 is 9.59 Å². The van der Waals surface area contributed by atoms with E-state index < -0.39 is 0 Å². The number of fused-ring (bicyclic) bond motifs is 1. The summed E-state index contributed by atoms with van der Waals surface area (Å²) in [4.78, 5) is 24.0. The summed E-state index contributed by atoms with van der Waals surface area (Å²) in [6.45, 7) is 0. The molecule has 1 heterocycles. The third-order valence-corrected chi connectivity index (χ3v) is 3.93. The van der Waals surface area contributed by atoms with E-state index in [1.54, 1.807) is 6.26 Å². The summed E-state index contributed by atoms with van der Waals surface area (Å²) in [6.07, 6.45) is 1.80. The van der Waals surface area contributed by atoms with E-state index in [1.807, 2.05) is 42.5 Å². The quantitative estimate of drug-likeness (QED) is 0.852. The number of thioether (sulfide) groups is 1. The van der Waals surface area contributed by atoms with Gasteiger partial charge in [-0.3, -0.25) is 14.9 Å². The normalized spacial score (nSPS) is 15.2. The van der Waals surface area contributed by atoms with Crippen LogP contribution in [0.4, 0.5) is 0 Å². The molecule has 0 radical (unpaired) electrons. The Balaban J connectivity index is 2.21. The maximum absolute atomic E-state index is 11.9. The first-order valence-electron chi connectivity index (χ1n) is 5.84. The number of carbonyl (C=O) groups is 2. The van der Waals surface area contributed by atoms with Gasteiger partial charge >= 0.3 is 0 Å². The van der Waals surface area contributed by atoms with Crippen LogP contribution in [-0.2, 0) is 9.59 Å². The molecule has 4 heteroatoms. The van der Waals surface area contributed by atoms with Crippen LogP contribution in [0.25, 0.3) is 16.3 Å². The van der Waals surface area contributed by atoms with Crippen molar-refractivity contribution in [1.29, 1.82) is 0 Å². The average Bonchev–Trinajstić information content (AvgIpc) is 2.72. The number of nitrogens with one attached hydrogen (secondary N) is 1. The van der Waals surface area contributed by atoms with Gasteiger partial charge in [0.15, 0.2) is 0 Å². The molecule has 2 aromatic carbocycles. The Hall–Kier alpha value is -2.07. The van der Waals surface area contributed by atoms with Crippen LogP contribution in [-0.4, -0.2) is 18.1 Å². The Morgan fingerprint density at radius 1 is 0.947 bits per heavy atom. The SMILES string of the molecule is CSC1=C(c2ccc3ccccc3c2)C(=O)NC1=O. The highest BCUT2D eigenvalue weighted by Crippen LogP contribution is 2.31. The molecule has 0 fully saturated rings. The molecular weight excluding hydrogens is 258 g/mol. The zero-order valence-electron chi connectivity index (χ0n) is 10.3. The molecule has 0 aromatic heterocycles. The fourth-order valence-electron chi connectivity index (χ4n) is 2.24. The number of hydrogen-bond donors (Lipinski definition) is 1. The summed E-state index contributed by atoms with van der Waals surface area (Å²) in [5.41, 5.74) is 1.26. The van der Waals surface area contributed by atoms with E-state index in [0.29, 0.717) is 10.5 Å². The van der Waals surface area contributed by atoms with Gasteiger partial charge in [0.1, 0.15) is 0 Å². The van der Waals surface area contributed by atoms with Crippen LogP contribution >= 0.6 is 11.8 Å². The van der Waals surface area contributed by atoms with Crippen molar-refractivity contribution in [2.75, 3.05) is 6.26 Å². The maximum atomic E-state index is 11.9. The minimum absolute atomic E-state index is 0.305. The van der Waals surface area contributed by atoms with Gasteiger partial charge in [-0.1, -0.05) is 36.4 Å². The van der Waals surface area contributed by atoms with Gasteiger partial charge in [0.2, 0.25) is 0 Å². The smallest absolute Gasteiger partial charge is 0.265 e. The average molecular weight is 269 g/mol.